The van der Waals surface area contributed by atoms with Gasteiger partial charge in [-0.3, -0.25) is 0 Å². The van der Waals surface area contributed by atoms with Gasteiger partial charge in [0.1, 0.15) is 5.75 Å². The molecule has 0 heterocycles. The highest BCUT2D eigenvalue weighted by Crippen LogP contribution is 2.32. The van der Waals surface area contributed by atoms with Gasteiger partial charge in [-0.1, -0.05) is 30.3 Å². The van der Waals surface area contributed by atoms with Gasteiger partial charge in [0.2, 0.25) is 0 Å². The van der Waals surface area contributed by atoms with Crippen molar-refractivity contribution in [2.75, 3.05) is 19.9 Å². The Bertz CT molecular complexity index is 598. The Hall–Kier alpha value is -1.45. The fourth-order valence-electron chi connectivity index (χ4n) is 2.24. The summed E-state index contributed by atoms with van der Waals surface area (Å²) in [5.74, 6) is 1.91. The Morgan fingerprint density at radius 1 is 1.10 bits per heavy atom. The van der Waals surface area contributed by atoms with E-state index in [4.69, 9.17) is 4.74 Å². The molecule has 0 aliphatic carbocycles. The predicted molar refractivity (Wildman–Crippen MR) is 91.4 cm³/mol. The number of hydrogen-bond donors (Lipinski definition) is 1. The largest absolute Gasteiger partial charge is 0.496 e. The number of methoxy groups -OCH3 is 1. The first kappa shape index (κ1) is 15.9. The van der Waals surface area contributed by atoms with Crippen molar-refractivity contribution in [3.05, 3.63) is 59.2 Å². The van der Waals surface area contributed by atoms with Crippen LogP contribution in [0.25, 0.3) is 0 Å². The first-order valence-electron chi connectivity index (χ1n) is 7.16. The van der Waals surface area contributed by atoms with Crippen LogP contribution in [0.1, 0.15) is 22.7 Å². The zero-order chi connectivity index (χ0) is 15.2. The molecule has 2 aromatic carbocycles. The summed E-state index contributed by atoms with van der Waals surface area (Å²) in [5, 5.41) is 3.41. The monoisotopic (exact) mass is 301 g/mol. The molecule has 2 aromatic rings. The molecule has 0 spiro atoms. The van der Waals surface area contributed by atoms with Crippen molar-refractivity contribution < 1.29 is 4.74 Å². The molecule has 0 saturated carbocycles. The van der Waals surface area contributed by atoms with Crippen LogP contribution >= 0.6 is 11.8 Å². The van der Waals surface area contributed by atoms with Crippen molar-refractivity contribution in [1.29, 1.82) is 0 Å². The Balaban J connectivity index is 2.10. The van der Waals surface area contributed by atoms with Gasteiger partial charge in [0, 0.05) is 16.7 Å². The Morgan fingerprint density at radius 2 is 1.86 bits per heavy atom. The van der Waals surface area contributed by atoms with Crippen LogP contribution in [0.15, 0.2) is 47.4 Å². The van der Waals surface area contributed by atoms with Gasteiger partial charge in [0.05, 0.1) is 7.11 Å². The minimum absolute atomic E-state index is 0.333. The van der Waals surface area contributed by atoms with E-state index in [0.717, 1.165) is 11.5 Å². The fraction of sp³-hybridized carbons (Fsp3) is 0.333. The summed E-state index contributed by atoms with van der Waals surface area (Å²) in [6, 6.07) is 15.2. The summed E-state index contributed by atoms with van der Waals surface area (Å²) in [6.07, 6.45) is 0. The topological polar surface area (TPSA) is 21.3 Å². The fourth-order valence-corrected chi connectivity index (χ4v) is 3.41. The van der Waals surface area contributed by atoms with Crippen molar-refractivity contribution in [2.45, 2.75) is 24.8 Å². The Morgan fingerprint density at radius 3 is 2.52 bits per heavy atom. The summed E-state index contributed by atoms with van der Waals surface area (Å²) < 4.78 is 5.41. The lowest BCUT2D eigenvalue weighted by atomic mass is 10.0. The number of ether oxygens (including phenoxy) is 1. The third-order valence-corrected chi connectivity index (χ3v) is 4.90. The van der Waals surface area contributed by atoms with E-state index < -0.39 is 0 Å². The molecule has 0 amide bonds. The van der Waals surface area contributed by atoms with E-state index in [-0.39, 0.29) is 0 Å². The predicted octanol–water partition coefficient (Wildman–Crippen LogP) is 4.36. The van der Waals surface area contributed by atoms with Gasteiger partial charge in [0.15, 0.2) is 0 Å². The molecule has 2 rings (SSSR count). The number of thioether (sulfide) groups is 1. The van der Waals surface area contributed by atoms with Crippen molar-refractivity contribution in [3.63, 3.8) is 0 Å². The maximum Gasteiger partial charge on any atom is 0.132 e. The van der Waals surface area contributed by atoms with E-state index in [0.29, 0.717) is 6.04 Å². The van der Waals surface area contributed by atoms with Gasteiger partial charge in [-0.25, -0.2) is 0 Å². The minimum atomic E-state index is 0.333. The number of aryl methyl sites for hydroxylation is 2. The molecule has 3 heteroatoms. The maximum atomic E-state index is 5.41. The van der Waals surface area contributed by atoms with Crippen molar-refractivity contribution in [1.82, 2.24) is 5.32 Å². The molecule has 112 valence electrons. The molecule has 2 nitrogen and oxygen atoms in total. The van der Waals surface area contributed by atoms with Crippen LogP contribution in [0.5, 0.6) is 5.75 Å². The molecule has 1 atom stereocenters. The van der Waals surface area contributed by atoms with Gasteiger partial charge in [0.25, 0.3) is 0 Å². The number of hydrogen-bond acceptors (Lipinski definition) is 3. The van der Waals surface area contributed by atoms with E-state index in [1.165, 1.54) is 21.6 Å². The van der Waals surface area contributed by atoms with Gasteiger partial charge in [-0.05, 0) is 49.7 Å². The van der Waals surface area contributed by atoms with Crippen molar-refractivity contribution >= 4 is 11.8 Å². The van der Waals surface area contributed by atoms with E-state index in [9.17, 15) is 0 Å². The zero-order valence-corrected chi connectivity index (χ0v) is 14.0. The van der Waals surface area contributed by atoms with Crippen LogP contribution in [0.2, 0.25) is 0 Å². The lowest BCUT2D eigenvalue weighted by Gasteiger charge is -2.18. The molecule has 1 unspecified atom stereocenters. The van der Waals surface area contributed by atoms with Crippen LogP contribution in [0, 0.1) is 13.8 Å². The number of nitrogens with one attached hydrogen (secondary N) is 1. The SMILES string of the molecule is CNC(CSc1ccccc1OC)c1ccc(C)c(C)c1. The molecule has 0 radical (unpaired) electrons. The van der Waals surface area contributed by atoms with Crippen LogP contribution in [0.4, 0.5) is 0 Å². The Kier molecular flexibility index (Phi) is 5.71. The Labute approximate surface area is 131 Å². The number of para-hydroxylation sites is 1. The second kappa shape index (κ2) is 7.53. The van der Waals surface area contributed by atoms with Crippen LogP contribution in [-0.2, 0) is 0 Å². The van der Waals surface area contributed by atoms with E-state index in [1.54, 1.807) is 7.11 Å². The van der Waals surface area contributed by atoms with Gasteiger partial charge in [-0.2, -0.15) is 0 Å². The molecule has 0 bridgehead atoms. The highest BCUT2D eigenvalue weighted by molar-refractivity contribution is 7.99. The molecule has 0 saturated heterocycles. The summed E-state index contributed by atoms with van der Waals surface area (Å²) in [6.45, 7) is 4.32. The summed E-state index contributed by atoms with van der Waals surface area (Å²) in [7, 11) is 3.74. The molecule has 0 aromatic heterocycles. The van der Waals surface area contributed by atoms with Crippen molar-refractivity contribution in [2.24, 2.45) is 0 Å². The minimum Gasteiger partial charge on any atom is -0.496 e. The van der Waals surface area contributed by atoms with E-state index in [2.05, 4.69) is 49.5 Å². The number of rotatable bonds is 6. The first-order valence-corrected chi connectivity index (χ1v) is 8.14. The lowest BCUT2D eigenvalue weighted by molar-refractivity contribution is 0.405. The second-order valence-electron chi connectivity index (χ2n) is 5.15. The second-order valence-corrected chi connectivity index (χ2v) is 6.21. The molecule has 21 heavy (non-hydrogen) atoms. The molecular weight excluding hydrogens is 278 g/mol. The lowest BCUT2D eigenvalue weighted by Crippen LogP contribution is -2.18. The normalized spacial score (nSPS) is 12.2. The van der Waals surface area contributed by atoms with Gasteiger partial charge < -0.3 is 10.1 Å². The third kappa shape index (κ3) is 4.02. The highest BCUT2D eigenvalue weighted by atomic mass is 32.2. The van der Waals surface area contributed by atoms with Crippen LogP contribution in [0.3, 0.4) is 0 Å². The average Bonchev–Trinajstić information content (AvgIpc) is 2.51. The standard InChI is InChI=1S/C18H23NOS/c1-13-9-10-15(11-14(13)2)16(19-3)12-21-18-8-6-5-7-17(18)20-4/h5-11,16,19H,12H2,1-4H3. The molecule has 0 fully saturated rings. The highest BCUT2D eigenvalue weighted by Gasteiger charge is 2.12. The first-order chi connectivity index (χ1) is 10.2. The summed E-state index contributed by atoms with van der Waals surface area (Å²) >= 11 is 1.82. The molecule has 0 aliphatic rings. The third-order valence-electron chi connectivity index (χ3n) is 3.76. The smallest absolute Gasteiger partial charge is 0.132 e. The summed E-state index contributed by atoms with van der Waals surface area (Å²) in [4.78, 5) is 1.18. The zero-order valence-electron chi connectivity index (χ0n) is 13.1. The quantitative estimate of drug-likeness (QED) is 0.801. The molecule has 0 aliphatic heterocycles. The van der Waals surface area contributed by atoms with E-state index in [1.807, 2.05) is 30.9 Å². The van der Waals surface area contributed by atoms with Crippen molar-refractivity contribution in [3.8, 4) is 5.75 Å². The maximum absolute atomic E-state index is 5.41. The number of benzene rings is 2. The molecular formula is C18H23NOS. The van der Waals surface area contributed by atoms with Crippen LogP contribution < -0.4 is 10.1 Å². The molecule has 1 N–H and O–H groups in total. The average molecular weight is 301 g/mol. The van der Waals surface area contributed by atoms with Crippen LogP contribution in [-0.4, -0.2) is 19.9 Å². The van der Waals surface area contributed by atoms with E-state index >= 15 is 0 Å². The van der Waals surface area contributed by atoms with Gasteiger partial charge >= 0.3 is 0 Å². The summed E-state index contributed by atoms with van der Waals surface area (Å²) in [5.41, 5.74) is 4.02. The van der Waals surface area contributed by atoms with Gasteiger partial charge in [-0.15, -0.1) is 11.8 Å².